The fraction of sp³-hybridized carbons (Fsp3) is 0.364. The molecule has 1 aliphatic rings. The number of carbonyl (C=O) groups excluding carboxylic acids is 2. The number of aromatic nitrogens is 2. The van der Waals surface area contributed by atoms with Crippen molar-refractivity contribution < 1.29 is 19.1 Å². The predicted molar refractivity (Wildman–Crippen MR) is 117 cm³/mol. The molecular weight excluding hydrogens is 418 g/mol. The zero-order chi connectivity index (χ0) is 22.0. The van der Waals surface area contributed by atoms with E-state index in [1.54, 1.807) is 11.5 Å². The summed E-state index contributed by atoms with van der Waals surface area (Å²) in [5.74, 6) is 0.440. The van der Waals surface area contributed by atoms with Gasteiger partial charge in [0.1, 0.15) is 27.9 Å². The van der Waals surface area contributed by atoms with E-state index in [-0.39, 0.29) is 5.56 Å². The van der Waals surface area contributed by atoms with E-state index < -0.39 is 18.5 Å². The molecule has 0 saturated heterocycles. The summed E-state index contributed by atoms with van der Waals surface area (Å²) in [5, 5.41) is 3.11. The minimum absolute atomic E-state index is 0.114. The lowest BCUT2D eigenvalue weighted by molar-refractivity contribution is -0.124. The molecular formula is C22H23N3O5S. The highest BCUT2D eigenvalue weighted by Crippen LogP contribution is 2.29. The first-order valence-corrected chi connectivity index (χ1v) is 10.9. The number of benzene rings is 1. The van der Waals surface area contributed by atoms with Gasteiger partial charge in [-0.1, -0.05) is 12.1 Å². The van der Waals surface area contributed by atoms with Crippen LogP contribution in [0.25, 0.3) is 10.2 Å². The zero-order valence-corrected chi connectivity index (χ0v) is 18.2. The van der Waals surface area contributed by atoms with E-state index >= 15 is 0 Å². The summed E-state index contributed by atoms with van der Waals surface area (Å²) >= 11 is 1.13. The molecule has 9 heteroatoms. The fourth-order valence-electron chi connectivity index (χ4n) is 3.58. The van der Waals surface area contributed by atoms with Crippen LogP contribution in [0.15, 0.2) is 29.1 Å². The first-order chi connectivity index (χ1) is 14.9. The van der Waals surface area contributed by atoms with Gasteiger partial charge in [0, 0.05) is 13.0 Å². The molecule has 4 rings (SSSR count). The van der Waals surface area contributed by atoms with Gasteiger partial charge in [-0.15, -0.1) is 11.3 Å². The summed E-state index contributed by atoms with van der Waals surface area (Å²) < 4.78 is 12.4. The van der Waals surface area contributed by atoms with Gasteiger partial charge in [0.15, 0.2) is 6.61 Å². The number of nitrogens with one attached hydrogen (secondary N) is 1. The maximum atomic E-state index is 12.7. The highest BCUT2D eigenvalue weighted by atomic mass is 32.1. The summed E-state index contributed by atoms with van der Waals surface area (Å²) in [6, 6.07) is 7.63. The SMILES string of the molecule is Cc1cccc(OCCNC(=O)COC(=O)c2sc3nc4n(c(=O)c3c2C)CCC4)c1. The Bertz CT molecular complexity index is 1210. The third-order valence-electron chi connectivity index (χ3n) is 5.11. The second kappa shape index (κ2) is 8.89. The minimum Gasteiger partial charge on any atom is -0.492 e. The van der Waals surface area contributed by atoms with Crippen LogP contribution in [0.3, 0.4) is 0 Å². The lowest BCUT2D eigenvalue weighted by Crippen LogP contribution is -2.32. The van der Waals surface area contributed by atoms with Crippen LogP contribution in [0.2, 0.25) is 0 Å². The average molecular weight is 442 g/mol. The van der Waals surface area contributed by atoms with Gasteiger partial charge in [-0.3, -0.25) is 14.2 Å². The Morgan fingerprint density at radius 3 is 2.94 bits per heavy atom. The number of nitrogens with zero attached hydrogens (tertiary/aromatic N) is 2. The van der Waals surface area contributed by atoms with Crippen LogP contribution in [-0.4, -0.2) is 41.2 Å². The predicted octanol–water partition coefficient (Wildman–Crippen LogP) is 2.37. The number of fused-ring (bicyclic) bond motifs is 2. The second-order valence-electron chi connectivity index (χ2n) is 7.42. The lowest BCUT2D eigenvalue weighted by Gasteiger charge is -2.08. The van der Waals surface area contributed by atoms with E-state index in [4.69, 9.17) is 9.47 Å². The van der Waals surface area contributed by atoms with Gasteiger partial charge in [0.05, 0.1) is 11.9 Å². The largest absolute Gasteiger partial charge is 0.492 e. The highest BCUT2D eigenvalue weighted by molar-refractivity contribution is 7.20. The maximum absolute atomic E-state index is 12.7. The van der Waals surface area contributed by atoms with Crippen molar-refractivity contribution in [3.8, 4) is 5.75 Å². The Hall–Kier alpha value is -3.20. The molecule has 1 aliphatic heterocycles. The van der Waals surface area contributed by atoms with E-state index in [2.05, 4.69) is 10.3 Å². The number of esters is 1. The van der Waals surface area contributed by atoms with Gasteiger partial charge in [-0.25, -0.2) is 9.78 Å². The zero-order valence-electron chi connectivity index (χ0n) is 17.4. The molecule has 3 aromatic rings. The number of aryl methyl sites for hydroxylation is 3. The number of hydrogen-bond donors (Lipinski definition) is 1. The Kier molecular flexibility index (Phi) is 6.03. The maximum Gasteiger partial charge on any atom is 0.349 e. The van der Waals surface area contributed by atoms with E-state index in [1.807, 2.05) is 31.2 Å². The molecule has 162 valence electrons. The third kappa shape index (κ3) is 4.46. The quantitative estimate of drug-likeness (QED) is 0.446. The van der Waals surface area contributed by atoms with E-state index in [1.165, 1.54) is 0 Å². The number of thiophene rings is 1. The van der Waals surface area contributed by atoms with Crippen LogP contribution in [0, 0.1) is 13.8 Å². The Morgan fingerprint density at radius 2 is 2.13 bits per heavy atom. The molecule has 1 N–H and O–H groups in total. The monoisotopic (exact) mass is 441 g/mol. The molecule has 0 bridgehead atoms. The Morgan fingerprint density at radius 1 is 1.29 bits per heavy atom. The van der Waals surface area contributed by atoms with Gasteiger partial charge in [0.2, 0.25) is 0 Å². The highest BCUT2D eigenvalue weighted by Gasteiger charge is 2.24. The summed E-state index contributed by atoms with van der Waals surface area (Å²) in [5.41, 5.74) is 1.53. The van der Waals surface area contributed by atoms with E-state index in [0.717, 1.165) is 41.3 Å². The number of carbonyl (C=O) groups is 2. The molecule has 1 aromatic carbocycles. The molecule has 0 aliphatic carbocycles. The summed E-state index contributed by atoms with van der Waals surface area (Å²) in [7, 11) is 0. The molecule has 0 saturated carbocycles. The first-order valence-electron chi connectivity index (χ1n) is 10.1. The van der Waals surface area contributed by atoms with Crippen molar-refractivity contribution >= 4 is 33.4 Å². The molecule has 31 heavy (non-hydrogen) atoms. The van der Waals surface area contributed by atoms with Crippen LogP contribution >= 0.6 is 11.3 Å². The second-order valence-corrected chi connectivity index (χ2v) is 8.41. The van der Waals surface area contributed by atoms with Gasteiger partial charge >= 0.3 is 5.97 Å². The van der Waals surface area contributed by atoms with E-state index in [0.29, 0.717) is 40.4 Å². The summed E-state index contributed by atoms with van der Waals surface area (Å²) in [6.45, 7) is 4.53. The molecule has 0 atom stereocenters. The Balaban J connectivity index is 1.31. The topological polar surface area (TPSA) is 99.5 Å². The molecule has 0 unspecified atom stereocenters. The van der Waals surface area contributed by atoms with Gasteiger partial charge in [0.25, 0.3) is 11.5 Å². The van der Waals surface area contributed by atoms with Gasteiger partial charge in [-0.2, -0.15) is 0 Å². The molecule has 0 radical (unpaired) electrons. The van der Waals surface area contributed by atoms with Crippen LogP contribution in [0.1, 0.15) is 33.0 Å². The normalized spacial score (nSPS) is 12.6. The Labute approximate surface area is 182 Å². The van der Waals surface area contributed by atoms with Crippen LogP contribution in [0.4, 0.5) is 0 Å². The number of ether oxygens (including phenoxy) is 2. The first kappa shape index (κ1) is 21.0. The van der Waals surface area contributed by atoms with Crippen LogP contribution in [-0.2, 0) is 22.5 Å². The van der Waals surface area contributed by atoms with Crippen molar-refractivity contribution in [1.82, 2.24) is 14.9 Å². The summed E-state index contributed by atoms with van der Waals surface area (Å²) in [4.78, 5) is 42.6. The van der Waals surface area contributed by atoms with Crippen molar-refractivity contribution in [2.45, 2.75) is 33.2 Å². The molecule has 1 amide bonds. The molecule has 0 fully saturated rings. The molecule has 2 aromatic heterocycles. The van der Waals surface area contributed by atoms with Crippen molar-refractivity contribution in [1.29, 1.82) is 0 Å². The number of rotatable bonds is 7. The average Bonchev–Trinajstić information content (AvgIpc) is 3.34. The van der Waals surface area contributed by atoms with Crippen LogP contribution < -0.4 is 15.6 Å². The van der Waals surface area contributed by atoms with Gasteiger partial charge < -0.3 is 14.8 Å². The molecule has 8 nitrogen and oxygen atoms in total. The van der Waals surface area contributed by atoms with Crippen molar-refractivity contribution in [2.24, 2.45) is 0 Å². The molecule has 3 heterocycles. The number of amides is 1. The molecule has 0 spiro atoms. The van der Waals surface area contributed by atoms with Gasteiger partial charge in [-0.05, 0) is 43.5 Å². The minimum atomic E-state index is -0.628. The van der Waals surface area contributed by atoms with Crippen molar-refractivity contribution in [2.75, 3.05) is 19.8 Å². The van der Waals surface area contributed by atoms with Crippen molar-refractivity contribution in [3.05, 3.63) is 56.4 Å². The smallest absolute Gasteiger partial charge is 0.349 e. The van der Waals surface area contributed by atoms with E-state index in [9.17, 15) is 14.4 Å². The fourth-order valence-corrected chi connectivity index (χ4v) is 4.67. The standard InChI is InChI=1S/C22H23N3O5S/c1-13-5-3-6-15(11-13)29-10-8-23-17(26)12-30-22(28)19-14(2)18-20(31-19)24-16-7-4-9-25(16)21(18)27/h3,5-6,11H,4,7-10,12H2,1-2H3,(H,23,26). The lowest BCUT2D eigenvalue weighted by atomic mass is 10.2. The number of hydrogen-bond acceptors (Lipinski definition) is 7. The third-order valence-corrected chi connectivity index (χ3v) is 6.28. The summed E-state index contributed by atoms with van der Waals surface area (Å²) in [6.07, 6.45) is 1.66. The van der Waals surface area contributed by atoms with Crippen LogP contribution in [0.5, 0.6) is 5.75 Å². The van der Waals surface area contributed by atoms with Crippen molar-refractivity contribution in [3.63, 3.8) is 0 Å².